The fourth-order valence-corrected chi connectivity index (χ4v) is 4.85. The van der Waals surface area contributed by atoms with Crippen LogP contribution in [0.4, 0.5) is 5.95 Å². The Labute approximate surface area is 170 Å². The third-order valence-electron chi connectivity index (χ3n) is 4.48. The Morgan fingerprint density at radius 2 is 1.74 bits per heavy atom. The number of rotatable bonds is 5. The topological polar surface area (TPSA) is 75.2 Å². The van der Waals surface area contributed by atoms with Crippen LogP contribution in [0.25, 0.3) is 0 Å². The van der Waals surface area contributed by atoms with E-state index in [0.717, 1.165) is 31.6 Å². The molecule has 2 aromatic rings. The van der Waals surface area contributed by atoms with E-state index in [1.807, 2.05) is 6.92 Å². The van der Waals surface area contributed by atoms with E-state index < -0.39 is 10.0 Å². The number of aromatic nitrogens is 2. The zero-order chi connectivity index (χ0) is 19.6. The quantitative estimate of drug-likeness (QED) is 0.781. The fraction of sp³-hybridized carbons (Fsp3) is 0.444. The van der Waals surface area contributed by atoms with Crippen LogP contribution in [0.2, 0.25) is 10.0 Å². The van der Waals surface area contributed by atoms with Gasteiger partial charge < -0.3 is 4.90 Å². The van der Waals surface area contributed by atoms with Gasteiger partial charge in [-0.1, -0.05) is 23.2 Å². The molecule has 146 valence electrons. The molecule has 1 aromatic heterocycles. The molecule has 1 saturated heterocycles. The summed E-state index contributed by atoms with van der Waals surface area (Å²) in [5.74, 6) is 0.657. The summed E-state index contributed by atoms with van der Waals surface area (Å²) in [6.45, 7) is 5.52. The normalized spacial score (nSPS) is 15.2. The number of anilines is 1. The van der Waals surface area contributed by atoms with Crippen LogP contribution in [0.3, 0.4) is 0 Å². The Morgan fingerprint density at radius 1 is 1.04 bits per heavy atom. The van der Waals surface area contributed by atoms with Crippen molar-refractivity contribution in [3.05, 3.63) is 45.2 Å². The lowest BCUT2D eigenvalue weighted by Crippen LogP contribution is -2.32. The average molecular weight is 429 g/mol. The van der Waals surface area contributed by atoms with E-state index in [9.17, 15) is 8.42 Å². The number of piperidine rings is 1. The second-order valence-corrected chi connectivity index (χ2v) is 9.25. The molecule has 3 rings (SSSR count). The lowest BCUT2D eigenvalue weighted by molar-refractivity contribution is 0.565. The molecule has 6 nitrogen and oxygen atoms in total. The molecular formula is C18H22Cl2N4O2S. The second-order valence-electron chi connectivity index (χ2n) is 6.70. The van der Waals surface area contributed by atoms with Gasteiger partial charge in [0.15, 0.2) is 0 Å². The van der Waals surface area contributed by atoms with Gasteiger partial charge in [0.25, 0.3) is 0 Å². The summed E-state index contributed by atoms with van der Waals surface area (Å²) in [4.78, 5) is 11.2. The Morgan fingerprint density at radius 3 is 2.44 bits per heavy atom. The lowest BCUT2D eigenvalue weighted by atomic mass is 10.1. The van der Waals surface area contributed by atoms with Crippen LogP contribution in [0.5, 0.6) is 0 Å². The van der Waals surface area contributed by atoms with Crippen molar-refractivity contribution < 1.29 is 8.42 Å². The van der Waals surface area contributed by atoms with Crippen molar-refractivity contribution in [1.29, 1.82) is 0 Å². The molecule has 0 atom stereocenters. The summed E-state index contributed by atoms with van der Waals surface area (Å²) in [7, 11) is -3.79. The molecule has 0 bridgehead atoms. The average Bonchev–Trinajstić information content (AvgIpc) is 2.63. The van der Waals surface area contributed by atoms with Gasteiger partial charge in [-0.25, -0.2) is 23.1 Å². The molecule has 0 amide bonds. The van der Waals surface area contributed by atoms with E-state index in [2.05, 4.69) is 19.6 Å². The number of hydrogen-bond donors (Lipinski definition) is 1. The molecular weight excluding hydrogens is 407 g/mol. The number of hydrogen-bond acceptors (Lipinski definition) is 5. The minimum absolute atomic E-state index is 0.00750. The first-order valence-electron chi connectivity index (χ1n) is 8.81. The van der Waals surface area contributed by atoms with E-state index in [1.54, 1.807) is 13.0 Å². The minimum Gasteiger partial charge on any atom is -0.341 e. The molecule has 1 aromatic carbocycles. The van der Waals surface area contributed by atoms with Gasteiger partial charge in [-0.3, -0.25) is 0 Å². The van der Waals surface area contributed by atoms with Gasteiger partial charge in [-0.05, 0) is 56.9 Å². The molecule has 1 N–H and O–H groups in total. The number of benzene rings is 1. The lowest BCUT2D eigenvalue weighted by Gasteiger charge is -2.27. The molecule has 1 fully saturated rings. The van der Waals surface area contributed by atoms with E-state index in [4.69, 9.17) is 23.2 Å². The van der Waals surface area contributed by atoms with Crippen molar-refractivity contribution in [2.45, 2.75) is 44.6 Å². The van der Waals surface area contributed by atoms with Gasteiger partial charge in [-0.2, -0.15) is 0 Å². The molecule has 0 radical (unpaired) electrons. The van der Waals surface area contributed by atoms with E-state index in [0.29, 0.717) is 22.2 Å². The molecule has 2 heterocycles. The third-order valence-corrected chi connectivity index (χ3v) is 6.75. The molecule has 0 saturated carbocycles. The summed E-state index contributed by atoms with van der Waals surface area (Å²) < 4.78 is 27.9. The van der Waals surface area contributed by atoms with Gasteiger partial charge in [0.05, 0.1) is 17.3 Å². The van der Waals surface area contributed by atoms with Gasteiger partial charge in [0, 0.05) is 23.8 Å². The number of nitrogens with one attached hydrogen (secondary N) is 1. The van der Waals surface area contributed by atoms with Crippen molar-refractivity contribution in [1.82, 2.24) is 14.7 Å². The maximum atomic E-state index is 12.7. The van der Waals surface area contributed by atoms with Crippen LogP contribution < -0.4 is 9.62 Å². The predicted octanol–water partition coefficient (Wildman–Crippen LogP) is 3.87. The molecule has 0 spiro atoms. The molecule has 27 heavy (non-hydrogen) atoms. The molecule has 0 unspecified atom stereocenters. The largest absolute Gasteiger partial charge is 0.341 e. The van der Waals surface area contributed by atoms with Gasteiger partial charge in [0.2, 0.25) is 16.0 Å². The van der Waals surface area contributed by atoms with Crippen LogP contribution in [-0.4, -0.2) is 31.5 Å². The molecule has 0 aliphatic carbocycles. The van der Waals surface area contributed by atoms with Crippen molar-refractivity contribution in [2.24, 2.45) is 0 Å². The highest BCUT2D eigenvalue weighted by Crippen LogP contribution is 2.28. The summed E-state index contributed by atoms with van der Waals surface area (Å²) in [6.07, 6.45) is 3.46. The Bertz CT molecular complexity index is 945. The first-order chi connectivity index (χ1) is 12.8. The van der Waals surface area contributed by atoms with Crippen LogP contribution in [0.1, 0.15) is 36.2 Å². The maximum absolute atomic E-state index is 12.7. The van der Waals surface area contributed by atoms with E-state index in [1.165, 1.54) is 18.6 Å². The van der Waals surface area contributed by atoms with Crippen LogP contribution in [0.15, 0.2) is 23.1 Å². The Hall–Kier alpha value is -1.41. The van der Waals surface area contributed by atoms with Crippen molar-refractivity contribution in [3.63, 3.8) is 0 Å². The standard InChI is InChI=1S/C18H22Cl2N4O2S/c1-12-8-17(16(20)10-15(12)19)27(25,26)21-11-14-9-13(2)22-18(23-14)24-6-4-3-5-7-24/h8-10,21H,3-7,11H2,1-2H3. The predicted molar refractivity (Wildman–Crippen MR) is 108 cm³/mol. The van der Waals surface area contributed by atoms with Crippen LogP contribution in [0, 0.1) is 13.8 Å². The SMILES string of the molecule is Cc1cc(CNS(=O)(=O)c2cc(C)c(Cl)cc2Cl)nc(N2CCCCC2)n1. The Kier molecular flexibility index (Phi) is 6.25. The van der Waals surface area contributed by atoms with Crippen molar-refractivity contribution >= 4 is 39.2 Å². The first-order valence-corrected chi connectivity index (χ1v) is 11.0. The van der Waals surface area contributed by atoms with Crippen LogP contribution in [-0.2, 0) is 16.6 Å². The summed E-state index contributed by atoms with van der Waals surface area (Å²) in [5, 5.41) is 0.516. The zero-order valence-corrected chi connectivity index (χ0v) is 17.6. The third kappa shape index (κ3) is 4.90. The zero-order valence-electron chi connectivity index (χ0n) is 15.3. The first kappa shape index (κ1) is 20.3. The van der Waals surface area contributed by atoms with Gasteiger partial charge in [-0.15, -0.1) is 0 Å². The number of halogens is 2. The second kappa shape index (κ2) is 8.31. The monoisotopic (exact) mass is 428 g/mol. The van der Waals surface area contributed by atoms with Gasteiger partial charge >= 0.3 is 0 Å². The summed E-state index contributed by atoms with van der Waals surface area (Å²) in [5.41, 5.74) is 2.07. The van der Waals surface area contributed by atoms with Gasteiger partial charge in [0.1, 0.15) is 4.90 Å². The molecule has 1 aliphatic heterocycles. The van der Waals surface area contributed by atoms with E-state index >= 15 is 0 Å². The maximum Gasteiger partial charge on any atom is 0.242 e. The van der Waals surface area contributed by atoms with Crippen LogP contribution >= 0.6 is 23.2 Å². The number of aryl methyl sites for hydroxylation is 2. The smallest absolute Gasteiger partial charge is 0.242 e. The van der Waals surface area contributed by atoms with Crippen molar-refractivity contribution in [3.8, 4) is 0 Å². The molecule has 1 aliphatic rings. The summed E-state index contributed by atoms with van der Waals surface area (Å²) in [6, 6.07) is 4.69. The number of sulfonamides is 1. The summed E-state index contributed by atoms with van der Waals surface area (Å²) >= 11 is 12.1. The Balaban J connectivity index is 1.79. The fourth-order valence-electron chi connectivity index (χ4n) is 3.03. The number of nitrogens with zero attached hydrogens (tertiary/aromatic N) is 3. The highest BCUT2D eigenvalue weighted by molar-refractivity contribution is 7.89. The minimum atomic E-state index is -3.79. The highest BCUT2D eigenvalue weighted by atomic mass is 35.5. The molecule has 9 heteroatoms. The highest BCUT2D eigenvalue weighted by Gasteiger charge is 2.20. The van der Waals surface area contributed by atoms with Crippen molar-refractivity contribution in [2.75, 3.05) is 18.0 Å². The van der Waals surface area contributed by atoms with E-state index in [-0.39, 0.29) is 16.5 Å².